The third-order valence-corrected chi connectivity index (χ3v) is 3.21. The van der Waals surface area contributed by atoms with E-state index < -0.39 is 18.2 Å². The minimum atomic E-state index is -1.04. The highest BCUT2D eigenvalue weighted by Gasteiger charge is 2.31. The lowest BCUT2D eigenvalue weighted by Crippen LogP contribution is -2.47. The summed E-state index contributed by atoms with van der Waals surface area (Å²) in [6.45, 7) is 3.47. The molecule has 1 amide bonds. The predicted octanol–water partition coefficient (Wildman–Crippen LogP) is 1.74. The van der Waals surface area contributed by atoms with Gasteiger partial charge in [0.05, 0.1) is 0 Å². The van der Waals surface area contributed by atoms with Crippen molar-refractivity contribution in [2.24, 2.45) is 11.8 Å². The van der Waals surface area contributed by atoms with Crippen LogP contribution in [0.3, 0.4) is 0 Å². The number of carboxylic acids is 1. The number of carbonyl (C=O) groups is 2. The standard InChI is InChI=1S/C12H20FNO3/c1-7(2)10(12(16)17)14-11(15)8-4-3-5-9(13)6-8/h7-10H,3-6H2,1-2H3,(H,14,15)(H,16,17)/t8?,9?,10-/m1/s1. The van der Waals surface area contributed by atoms with Crippen molar-refractivity contribution in [1.29, 1.82) is 0 Å². The molecule has 0 aliphatic heterocycles. The van der Waals surface area contributed by atoms with Crippen molar-refractivity contribution in [3.8, 4) is 0 Å². The van der Waals surface area contributed by atoms with E-state index in [1.807, 2.05) is 0 Å². The summed E-state index contributed by atoms with van der Waals surface area (Å²) >= 11 is 0. The lowest BCUT2D eigenvalue weighted by Gasteiger charge is -2.26. The summed E-state index contributed by atoms with van der Waals surface area (Å²) in [5, 5.41) is 11.5. The van der Waals surface area contributed by atoms with E-state index in [-0.39, 0.29) is 24.2 Å². The molecule has 1 aliphatic rings. The van der Waals surface area contributed by atoms with Crippen LogP contribution in [0.5, 0.6) is 0 Å². The average Bonchev–Trinajstić information content (AvgIpc) is 2.24. The van der Waals surface area contributed by atoms with Gasteiger partial charge in [-0.3, -0.25) is 4.79 Å². The number of amides is 1. The quantitative estimate of drug-likeness (QED) is 0.792. The van der Waals surface area contributed by atoms with Crippen molar-refractivity contribution in [2.75, 3.05) is 0 Å². The molecule has 1 aliphatic carbocycles. The minimum absolute atomic E-state index is 0.179. The summed E-state index contributed by atoms with van der Waals surface area (Å²) < 4.78 is 13.2. The van der Waals surface area contributed by atoms with Crippen LogP contribution in [0.1, 0.15) is 39.5 Å². The van der Waals surface area contributed by atoms with Gasteiger partial charge >= 0.3 is 5.97 Å². The molecule has 0 heterocycles. The zero-order chi connectivity index (χ0) is 13.0. The van der Waals surface area contributed by atoms with Gasteiger partial charge in [-0.05, 0) is 31.6 Å². The van der Waals surface area contributed by atoms with E-state index in [4.69, 9.17) is 5.11 Å². The first kappa shape index (κ1) is 13.9. The predicted molar refractivity (Wildman–Crippen MR) is 61.3 cm³/mol. The van der Waals surface area contributed by atoms with Crippen LogP contribution in [0.25, 0.3) is 0 Å². The summed E-state index contributed by atoms with van der Waals surface area (Å²) in [5.41, 5.74) is 0. The normalized spacial score (nSPS) is 26.6. The Hall–Kier alpha value is -1.13. The number of aliphatic carboxylic acids is 1. The molecule has 1 rings (SSSR count). The summed E-state index contributed by atoms with van der Waals surface area (Å²) in [6.07, 6.45) is 1.14. The lowest BCUT2D eigenvalue weighted by atomic mass is 9.87. The Balaban J connectivity index is 2.54. The van der Waals surface area contributed by atoms with Crippen molar-refractivity contribution in [2.45, 2.75) is 51.7 Å². The number of carboxylic acid groups (broad SMARTS) is 1. The molecule has 0 spiro atoms. The number of nitrogens with one attached hydrogen (secondary N) is 1. The van der Waals surface area contributed by atoms with E-state index in [0.717, 1.165) is 0 Å². The van der Waals surface area contributed by atoms with E-state index in [0.29, 0.717) is 19.3 Å². The van der Waals surface area contributed by atoms with Gasteiger partial charge in [0.1, 0.15) is 12.2 Å². The molecule has 17 heavy (non-hydrogen) atoms. The fourth-order valence-electron chi connectivity index (χ4n) is 2.15. The molecule has 0 aromatic rings. The highest BCUT2D eigenvalue weighted by Crippen LogP contribution is 2.26. The topological polar surface area (TPSA) is 66.4 Å². The van der Waals surface area contributed by atoms with Crippen LogP contribution in [-0.4, -0.2) is 29.2 Å². The molecule has 1 fully saturated rings. The van der Waals surface area contributed by atoms with E-state index in [1.165, 1.54) is 0 Å². The highest BCUT2D eigenvalue weighted by molar-refractivity contribution is 5.85. The molecule has 4 nitrogen and oxygen atoms in total. The third-order valence-electron chi connectivity index (χ3n) is 3.21. The monoisotopic (exact) mass is 245 g/mol. The first-order chi connectivity index (χ1) is 7.91. The molecule has 1 saturated carbocycles. The zero-order valence-electron chi connectivity index (χ0n) is 10.3. The zero-order valence-corrected chi connectivity index (χ0v) is 10.3. The molecule has 0 saturated heterocycles. The largest absolute Gasteiger partial charge is 0.480 e. The Morgan fingerprint density at radius 1 is 1.35 bits per heavy atom. The van der Waals surface area contributed by atoms with Gasteiger partial charge in [0.15, 0.2) is 0 Å². The fraction of sp³-hybridized carbons (Fsp3) is 0.833. The Morgan fingerprint density at radius 3 is 2.47 bits per heavy atom. The molecule has 0 aromatic heterocycles. The average molecular weight is 245 g/mol. The number of rotatable bonds is 4. The molecular weight excluding hydrogens is 225 g/mol. The van der Waals surface area contributed by atoms with Crippen molar-refractivity contribution < 1.29 is 19.1 Å². The maximum atomic E-state index is 13.2. The Kier molecular flexibility index (Phi) is 4.90. The molecule has 0 radical (unpaired) electrons. The fourth-order valence-corrected chi connectivity index (χ4v) is 2.15. The van der Waals surface area contributed by atoms with Gasteiger partial charge in [0, 0.05) is 5.92 Å². The van der Waals surface area contributed by atoms with Crippen molar-refractivity contribution in [1.82, 2.24) is 5.32 Å². The smallest absolute Gasteiger partial charge is 0.326 e. The molecule has 0 bridgehead atoms. The van der Waals surface area contributed by atoms with Crippen molar-refractivity contribution in [3.05, 3.63) is 0 Å². The molecular formula is C12H20FNO3. The first-order valence-electron chi connectivity index (χ1n) is 6.09. The number of hydrogen-bond acceptors (Lipinski definition) is 2. The Bertz CT molecular complexity index is 293. The van der Waals surface area contributed by atoms with Crippen LogP contribution in [0.4, 0.5) is 4.39 Å². The lowest BCUT2D eigenvalue weighted by molar-refractivity contribution is -0.144. The van der Waals surface area contributed by atoms with Gasteiger partial charge in [0.2, 0.25) is 5.91 Å². The van der Waals surface area contributed by atoms with E-state index in [2.05, 4.69) is 5.32 Å². The van der Waals surface area contributed by atoms with Gasteiger partial charge in [-0.15, -0.1) is 0 Å². The van der Waals surface area contributed by atoms with Gasteiger partial charge in [-0.2, -0.15) is 0 Å². The molecule has 0 aromatic carbocycles. The van der Waals surface area contributed by atoms with E-state index in [9.17, 15) is 14.0 Å². The van der Waals surface area contributed by atoms with Crippen molar-refractivity contribution in [3.63, 3.8) is 0 Å². The maximum absolute atomic E-state index is 13.2. The number of carbonyl (C=O) groups excluding carboxylic acids is 1. The van der Waals surface area contributed by atoms with Crippen LogP contribution < -0.4 is 5.32 Å². The second-order valence-electron chi connectivity index (χ2n) is 5.03. The number of halogens is 1. The molecule has 2 unspecified atom stereocenters. The molecule has 98 valence electrons. The van der Waals surface area contributed by atoms with Crippen LogP contribution >= 0.6 is 0 Å². The molecule has 2 N–H and O–H groups in total. The number of alkyl halides is 1. The highest BCUT2D eigenvalue weighted by atomic mass is 19.1. The molecule has 3 atom stereocenters. The SMILES string of the molecule is CC(C)[C@@H](NC(=O)C1CCCC(F)C1)C(=O)O. The summed E-state index contributed by atoms with van der Waals surface area (Å²) in [5.74, 6) is -1.92. The van der Waals surface area contributed by atoms with Gasteiger partial charge in [0.25, 0.3) is 0 Å². The number of hydrogen-bond donors (Lipinski definition) is 2. The van der Waals surface area contributed by atoms with Crippen LogP contribution in [0, 0.1) is 11.8 Å². The van der Waals surface area contributed by atoms with Gasteiger partial charge in [-0.25, -0.2) is 9.18 Å². The van der Waals surface area contributed by atoms with Crippen molar-refractivity contribution >= 4 is 11.9 Å². The van der Waals surface area contributed by atoms with Gasteiger partial charge < -0.3 is 10.4 Å². The maximum Gasteiger partial charge on any atom is 0.326 e. The van der Waals surface area contributed by atoms with E-state index >= 15 is 0 Å². The Morgan fingerprint density at radius 2 is 2.00 bits per heavy atom. The minimum Gasteiger partial charge on any atom is -0.480 e. The summed E-state index contributed by atoms with van der Waals surface area (Å²) in [6, 6.07) is -0.887. The summed E-state index contributed by atoms with van der Waals surface area (Å²) in [7, 11) is 0. The Labute approximate surface area is 101 Å². The van der Waals surface area contributed by atoms with Crippen LogP contribution in [-0.2, 0) is 9.59 Å². The van der Waals surface area contributed by atoms with Crippen LogP contribution in [0.2, 0.25) is 0 Å². The van der Waals surface area contributed by atoms with Crippen LogP contribution in [0.15, 0.2) is 0 Å². The second kappa shape index (κ2) is 5.98. The second-order valence-corrected chi connectivity index (χ2v) is 5.03. The molecule has 5 heteroatoms. The van der Waals surface area contributed by atoms with E-state index in [1.54, 1.807) is 13.8 Å². The first-order valence-corrected chi connectivity index (χ1v) is 6.09. The third kappa shape index (κ3) is 3.98. The summed E-state index contributed by atoms with van der Waals surface area (Å²) in [4.78, 5) is 22.8. The van der Waals surface area contributed by atoms with Gasteiger partial charge in [-0.1, -0.05) is 13.8 Å².